The van der Waals surface area contributed by atoms with E-state index in [1.54, 1.807) is 31.4 Å². The number of benzene rings is 2. The molecule has 0 spiro atoms. The van der Waals surface area contributed by atoms with E-state index in [0.29, 0.717) is 29.8 Å². The van der Waals surface area contributed by atoms with Crippen molar-refractivity contribution < 1.29 is 13.9 Å². The topological polar surface area (TPSA) is 53.4 Å². The maximum Gasteiger partial charge on any atom is 0.261 e. The molecular formula is C17H15FN2O3. The summed E-state index contributed by atoms with van der Waals surface area (Å²) in [5.41, 5.74) is 0.135. The van der Waals surface area contributed by atoms with Crippen LogP contribution in [0.3, 0.4) is 0 Å². The second-order valence-corrected chi connectivity index (χ2v) is 4.93. The van der Waals surface area contributed by atoms with Gasteiger partial charge in [0.15, 0.2) is 0 Å². The van der Waals surface area contributed by atoms with Gasteiger partial charge in [-0.25, -0.2) is 9.37 Å². The summed E-state index contributed by atoms with van der Waals surface area (Å²) in [7, 11) is 1.60. The van der Waals surface area contributed by atoms with Crippen molar-refractivity contribution >= 4 is 10.9 Å². The zero-order valence-corrected chi connectivity index (χ0v) is 12.5. The average molecular weight is 314 g/mol. The number of hydrogen-bond donors (Lipinski definition) is 0. The van der Waals surface area contributed by atoms with E-state index in [-0.39, 0.29) is 5.56 Å². The Morgan fingerprint density at radius 3 is 2.61 bits per heavy atom. The van der Waals surface area contributed by atoms with Gasteiger partial charge >= 0.3 is 0 Å². The maximum atomic E-state index is 13.1. The average Bonchev–Trinajstić information content (AvgIpc) is 2.57. The van der Waals surface area contributed by atoms with Crippen LogP contribution in [0.2, 0.25) is 0 Å². The van der Waals surface area contributed by atoms with Gasteiger partial charge in [0.25, 0.3) is 5.56 Å². The van der Waals surface area contributed by atoms with E-state index >= 15 is 0 Å². The fraction of sp³-hybridized carbons (Fsp3) is 0.176. The van der Waals surface area contributed by atoms with Crippen molar-refractivity contribution in [1.82, 2.24) is 9.55 Å². The molecule has 0 atom stereocenters. The first-order valence-corrected chi connectivity index (χ1v) is 7.09. The summed E-state index contributed by atoms with van der Waals surface area (Å²) in [5.74, 6) is 1.03. The van der Waals surface area contributed by atoms with E-state index in [1.807, 2.05) is 0 Å². The molecule has 3 rings (SSSR count). The molecule has 0 N–H and O–H groups in total. The first-order chi connectivity index (χ1) is 11.2. The fourth-order valence-corrected chi connectivity index (χ4v) is 2.22. The Labute approximate surface area is 131 Å². The van der Waals surface area contributed by atoms with E-state index in [1.165, 1.54) is 29.1 Å². The number of hydrogen-bond acceptors (Lipinski definition) is 4. The largest absolute Gasteiger partial charge is 0.497 e. The van der Waals surface area contributed by atoms with Crippen molar-refractivity contribution in [2.75, 3.05) is 13.7 Å². The highest BCUT2D eigenvalue weighted by molar-refractivity contribution is 5.77. The molecule has 0 unspecified atom stereocenters. The van der Waals surface area contributed by atoms with Gasteiger partial charge in [0.05, 0.1) is 30.9 Å². The van der Waals surface area contributed by atoms with Crippen molar-refractivity contribution in [3.63, 3.8) is 0 Å². The molecule has 0 aliphatic carbocycles. The SMILES string of the molecule is COc1ccc(OCCn2cnc3cc(F)ccc3c2=O)cc1. The molecule has 0 radical (unpaired) electrons. The summed E-state index contributed by atoms with van der Waals surface area (Å²) in [6, 6.07) is 11.1. The summed E-state index contributed by atoms with van der Waals surface area (Å²) in [6.07, 6.45) is 1.40. The van der Waals surface area contributed by atoms with Gasteiger partial charge in [0.1, 0.15) is 23.9 Å². The first kappa shape index (κ1) is 15.0. The molecule has 118 valence electrons. The normalized spacial score (nSPS) is 10.7. The second-order valence-electron chi connectivity index (χ2n) is 4.93. The number of rotatable bonds is 5. The number of nitrogens with zero attached hydrogens (tertiary/aromatic N) is 2. The zero-order chi connectivity index (χ0) is 16.2. The van der Waals surface area contributed by atoms with E-state index in [2.05, 4.69) is 4.98 Å². The molecule has 0 fully saturated rings. The van der Waals surface area contributed by atoms with E-state index in [9.17, 15) is 9.18 Å². The van der Waals surface area contributed by atoms with Crippen molar-refractivity contribution in [3.05, 3.63) is 65.0 Å². The van der Waals surface area contributed by atoms with Gasteiger partial charge in [0, 0.05) is 6.07 Å². The van der Waals surface area contributed by atoms with Crippen LogP contribution in [-0.2, 0) is 6.54 Å². The molecule has 2 aromatic carbocycles. The van der Waals surface area contributed by atoms with Crippen LogP contribution in [0.4, 0.5) is 4.39 Å². The Kier molecular flexibility index (Phi) is 4.23. The second kappa shape index (κ2) is 6.48. The van der Waals surface area contributed by atoms with Crippen molar-refractivity contribution in [2.24, 2.45) is 0 Å². The first-order valence-electron chi connectivity index (χ1n) is 7.09. The predicted octanol–water partition coefficient (Wildman–Crippen LogP) is 2.62. The maximum absolute atomic E-state index is 13.1. The molecule has 0 amide bonds. The molecule has 0 aliphatic rings. The Bertz CT molecular complexity index is 875. The smallest absolute Gasteiger partial charge is 0.261 e. The summed E-state index contributed by atoms with van der Waals surface area (Å²) < 4.78 is 25.2. The minimum absolute atomic E-state index is 0.215. The molecule has 3 aromatic rings. The Hall–Kier alpha value is -2.89. The molecule has 1 aromatic heterocycles. The van der Waals surface area contributed by atoms with Crippen LogP contribution >= 0.6 is 0 Å². The van der Waals surface area contributed by atoms with Crippen LogP contribution in [0.25, 0.3) is 10.9 Å². The minimum atomic E-state index is -0.412. The molecule has 0 bridgehead atoms. The van der Waals surface area contributed by atoms with Crippen LogP contribution in [0.1, 0.15) is 0 Å². The Balaban J connectivity index is 1.70. The van der Waals surface area contributed by atoms with E-state index in [0.717, 1.165) is 5.75 Å². The summed E-state index contributed by atoms with van der Waals surface area (Å²) in [4.78, 5) is 16.4. The minimum Gasteiger partial charge on any atom is -0.497 e. The molecule has 23 heavy (non-hydrogen) atoms. The summed E-state index contributed by atoms with van der Waals surface area (Å²) >= 11 is 0. The Morgan fingerprint density at radius 1 is 1.13 bits per heavy atom. The highest BCUT2D eigenvalue weighted by Crippen LogP contribution is 2.16. The lowest BCUT2D eigenvalue weighted by Gasteiger charge is -2.09. The molecule has 0 aliphatic heterocycles. The van der Waals surface area contributed by atoms with Gasteiger partial charge in [-0.3, -0.25) is 9.36 Å². The lowest BCUT2D eigenvalue weighted by molar-refractivity contribution is 0.295. The third-order valence-corrected chi connectivity index (χ3v) is 3.45. The number of methoxy groups -OCH3 is 1. The standard InChI is InChI=1S/C17H15FN2O3/c1-22-13-3-5-14(6-4-13)23-9-8-20-11-19-16-10-12(18)2-7-15(16)17(20)21/h2-7,10-11H,8-9H2,1H3. The van der Waals surface area contributed by atoms with Crippen molar-refractivity contribution in [3.8, 4) is 11.5 Å². The summed E-state index contributed by atoms with van der Waals surface area (Å²) in [6.45, 7) is 0.672. The van der Waals surface area contributed by atoms with Crippen LogP contribution in [0, 0.1) is 5.82 Å². The number of halogens is 1. The number of fused-ring (bicyclic) bond motifs is 1. The fourth-order valence-electron chi connectivity index (χ4n) is 2.22. The molecule has 0 saturated heterocycles. The molecule has 1 heterocycles. The molecule has 5 nitrogen and oxygen atoms in total. The number of ether oxygens (including phenoxy) is 2. The lowest BCUT2D eigenvalue weighted by Crippen LogP contribution is -2.23. The van der Waals surface area contributed by atoms with E-state index in [4.69, 9.17) is 9.47 Å². The third-order valence-electron chi connectivity index (χ3n) is 3.45. The molecule has 6 heteroatoms. The van der Waals surface area contributed by atoms with Crippen LogP contribution in [0.15, 0.2) is 53.6 Å². The quantitative estimate of drug-likeness (QED) is 0.726. The van der Waals surface area contributed by atoms with Gasteiger partial charge in [-0.15, -0.1) is 0 Å². The van der Waals surface area contributed by atoms with Gasteiger partial charge in [0.2, 0.25) is 0 Å². The van der Waals surface area contributed by atoms with Gasteiger partial charge in [-0.1, -0.05) is 0 Å². The van der Waals surface area contributed by atoms with Gasteiger partial charge < -0.3 is 9.47 Å². The third kappa shape index (κ3) is 3.31. The van der Waals surface area contributed by atoms with E-state index < -0.39 is 5.82 Å². The zero-order valence-electron chi connectivity index (χ0n) is 12.5. The van der Waals surface area contributed by atoms with Crippen LogP contribution < -0.4 is 15.0 Å². The van der Waals surface area contributed by atoms with Gasteiger partial charge in [-0.05, 0) is 36.4 Å². The highest BCUT2D eigenvalue weighted by atomic mass is 19.1. The predicted molar refractivity (Wildman–Crippen MR) is 84.5 cm³/mol. The van der Waals surface area contributed by atoms with Crippen molar-refractivity contribution in [2.45, 2.75) is 6.54 Å². The number of aromatic nitrogens is 2. The summed E-state index contributed by atoms with van der Waals surface area (Å²) in [5, 5.41) is 0.387. The van der Waals surface area contributed by atoms with Crippen LogP contribution in [0.5, 0.6) is 11.5 Å². The van der Waals surface area contributed by atoms with Crippen molar-refractivity contribution in [1.29, 1.82) is 0 Å². The monoisotopic (exact) mass is 314 g/mol. The Morgan fingerprint density at radius 2 is 1.87 bits per heavy atom. The van der Waals surface area contributed by atoms with Gasteiger partial charge in [-0.2, -0.15) is 0 Å². The molecular weight excluding hydrogens is 299 g/mol. The lowest BCUT2D eigenvalue weighted by atomic mass is 10.2. The highest BCUT2D eigenvalue weighted by Gasteiger charge is 2.05. The van der Waals surface area contributed by atoms with Crippen LogP contribution in [-0.4, -0.2) is 23.3 Å². The molecule has 0 saturated carbocycles.